The van der Waals surface area contributed by atoms with Gasteiger partial charge in [0, 0.05) is 12.1 Å². The van der Waals surface area contributed by atoms with Crippen LogP contribution < -0.4 is 20.1 Å². The summed E-state index contributed by atoms with van der Waals surface area (Å²) in [4.78, 5) is 11.9. The lowest BCUT2D eigenvalue weighted by Crippen LogP contribution is -2.33. The SMILES string of the molecule is CCCCCCCC(=O)NC(=S)Nc1ccc(OCCOc2ccccc2)cc1. The average molecular weight is 415 g/mol. The zero-order valence-electron chi connectivity index (χ0n) is 17.0. The molecular weight excluding hydrogens is 384 g/mol. The molecule has 0 saturated heterocycles. The van der Waals surface area contributed by atoms with E-state index in [1.54, 1.807) is 0 Å². The molecule has 2 rings (SSSR count). The molecule has 0 aromatic heterocycles. The first-order valence-corrected chi connectivity index (χ1v) is 10.6. The summed E-state index contributed by atoms with van der Waals surface area (Å²) in [5.41, 5.74) is 0.797. The fourth-order valence-corrected chi connectivity index (χ4v) is 2.94. The first-order chi connectivity index (χ1) is 14.2. The smallest absolute Gasteiger partial charge is 0.226 e. The van der Waals surface area contributed by atoms with Crippen LogP contribution in [0, 0.1) is 0 Å². The zero-order chi connectivity index (χ0) is 20.7. The largest absolute Gasteiger partial charge is 0.490 e. The molecule has 1 amide bonds. The van der Waals surface area contributed by atoms with E-state index in [1.165, 1.54) is 19.3 Å². The van der Waals surface area contributed by atoms with Crippen LogP contribution in [0.5, 0.6) is 11.5 Å². The first kappa shape index (κ1) is 22.7. The van der Waals surface area contributed by atoms with Crippen LogP contribution in [0.15, 0.2) is 54.6 Å². The van der Waals surface area contributed by atoms with Gasteiger partial charge in [0.25, 0.3) is 0 Å². The van der Waals surface area contributed by atoms with Gasteiger partial charge >= 0.3 is 0 Å². The lowest BCUT2D eigenvalue weighted by molar-refractivity contribution is -0.119. The van der Waals surface area contributed by atoms with Gasteiger partial charge in [-0.25, -0.2) is 0 Å². The molecule has 0 aliphatic carbocycles. The minimum absolute atomic E-state index is 0.0441. The summed E-state index contributed by atoms with van der Waals surface area (Å²) in [6.45, 7) is 3.10. The second kappa shape index (κ2) is 13.6. The first-order valence-electron chi connectivity index (χ1n) is 10.2. The second-order valence-electron chi connectivity index (χ2n) is 6.70. The maximum Gasteiger partial charge on any atom is 0.226 e. The van der Waals surface area contributed by atoms with E-state index < -0.39 is 0 Å². The van der Waals surface area contributed by atoms with Crippen LogP contribution >= 0.6 is 12.2 Å². The van der Waals surface area contributed by atoms with Crippen LogP contribution in [-0.2, 0) is 4.79 Å². The number of amides is 1. The molecule has 0 aliphatic heterocycles. The molecule has 2 N–H and O–H groups in total. The van der Waals surface area contributed by atoms with Crippen LogP contribution in [0.1, 0.15) is 45.4 Å². The maximum atomic E-state index is 11.9. The van der Waals surface area contributed by atoms with E-state index in [2.05, 4.69) is 17.6 Å². The molecule has 0 saturated carbocycles. The van der Waals surface area contributed by atoms with Crippen molar-refractivity contribution >= 4 is 28.9 Å². The van der Waals surface area contributed by atoms with E-state index in [4.69, 9.17) is 21.7 Å². The summed E-state index contributed by atoms with van der Waals surface area (Å²) < 4.78 is 11.3. The highest BCUT2D eigenvalue weighted by Gasteiger charge is 2.05. The summed E-state index contributed by atoms with van der Waals surface area (Å²) in [6, 6.07) is 17.1. The fourth-order valence-electron chi connectivity index (χ4n) is 2.71. The fraction of sp³-hybridized carbons (Fsp3) is 0.391. The molecule has 0 heterocycles. The topological polar surface area (TPSA) is 59.6 Å². The van der Waals surface area contributed by atoms with Crippen molar-refractivity contribution in [3.8, 4) is 11.5 Å². The number of thiocarbonyl (C=S) groups is 1. The van der Waals surface area contributed by atoms with Crippen LogP contribution in [-0.4, -0.2) is 24.2 Å². The lowest BCUT2D eigenvalue weighted by Gasteiger charge is -2.11. The zero-order valence-corrected chi connectivity index (χ0v) is 17.8. The average Bonchev–Trinajstić information content (AvgIpc) is 2.73. The Bertz CT molecular complexity index is 736. The highest BCUT2D eigenvalue weighted by Crippen LogP contribution is 2.16. The number of hydrogen-bond donors (Lipinski definition) is 2. The molecule has 5 nitrogen and oxygen atoms in total. The van der Waals surface area contributed by atoms with Gasteiger partial charge in [-0.3, -0.25) is 4.79 Å². The molecule has 2 aromatic carbocycles. The number of para-hydroxylation sites is 1. The molecule has 0 unspecified atom stereocenters. The number of rotatable bonds is 12. The Labute approximate surface area is 178 Å². The molecule has 0 bridgehead atoms. The predicted octanol–water partition coefficient (Wildman–Crippen LogP) is 5.32. The van der Waals surface area contributed by atoms with Crippen molar-refractivity contribution in [3.05, 3.63) is 54.6 Å². The third-order valence-electron chi connectivity index (χ3n) is 4.24. The van der Waals surface area contributed by atoms with E-state index in [-0.39, 0.29) is 5.91 Å². The molecular formula is C23H30N2O3S. The quantitative estimate of drug-likeness (QED) is 0.364. The van der Waals surface area contributed by atoms with Crippen molar-refractivity contribution in [2.45, 2.75) is 45.4 Å². The molecule has 2 aromatic rings. The second-order valence-corrected chi connectivity index (χ2v) is 7.11. The third-order valence-corrected chi connectivity index (χ3v) is 4.44. The van der Waals surface area contributed by atoms with E-state index >= 15 is 0 Å². The Morgan fingerprint density at radius 2 is 1.48 bits per heavy atom. The number of unbranched alkanes of at least 4 members (excludes halogenated alkanes) is 4. The molecule has 0 spiro atoms. The molecule has 6 heteroatoms. The van der Waals surface area contributed by atoms with Crippen molar-refractivity contribution in [2.75, 3.05) is 18.5 Å². The molecule has 156 valence electrons. The van der Waals surface area contributed by atoms with Gasteiger partial charge in [-0.2, -0.15) is 0 Å². The molecule has 29 heavy (non-hydrogen) atoms. The Kier molecular flexibility index (Phi) is 10.6. The highest BCUT2D eigenvalue weighted by atomic mass is 32.1. The Balaban J connectivity index is 1.62. The predicted molar refractivity (Wildman–Crippen MR) is 122 cm³/mol. The van der Waals surface area contributed by atoms with Gasteiger partial charge in [-0.05, 0) is 55.0 Å². The van der Waals surface area contributed by atoms with Crippen molar-refractivity contribution in [1.29, 1.82) is 0 Å². The Hall–Kier alpha value is -2.60. The maximum absolute atomic E-state index is 11.9. The number of ether oxygens (including phenoxy) is 2. The van der Waals surface area contributed by atoms with Crippen molar-refractivity contribution in [3.63, 3.8) is 0 Å². The van der Waals surface area contributed by atoms with Gasteiger partial charge in [-0.1, -0.05) is 50.8 Å². The summed E-state index contributed by atoms with van der Waals surface area (Å²) in [5, 5.41) is 6.06. The van der Waals surface area contributed by atoms with Gasteiger partial charge in [0.05, 0.1) is 0 Å². The standard InChI is InChI=1S/C23H30N2O3S/c1-2-3-4-5-9-12-22(26)25-23(29)24-19-13-15-21(16-14-19)28-18-17-27-20-10-7-6-8-11-20/h6-8,10-11,13-16H,2-5,9,12,17-18H2,1H3,(H2,24,25,26,29). The molecule has 0 aliphatic rings. The van der Waals surface area contributed by atoms with Gasteiger partial charge in [0.2, 0.25) is 5.91 Å². The lowest BCUT2D eigenvalue weighted by atomic mass is 10.1. The van der Waals surface area contributed by atoms with Gasteiger partial charge in [0.15, 0.2) is 5.11 Å². The Morgan fingerprint density at radius 1 is 0.862 bits per heavy atom. The normalized spacial score (nSPS) is 10.2. The number of carbonyl (C=O) groups is 1. The van der Waals surface area contributed by atoms with Crippen LogP contribution in [0.2, 0.25) is 0 Å². The monoisotopic (exact) mass is 414 g/mol. The number of nitrogens with one attached hydrogen (secondary N) is 2. The highest BCUT2D eigenvalue weighted by molar-refractivity contribution is 7.80. The number of hydrogen-bond acceptors (Lipinski definition) is 4. The summed E-state index contributed by atoms with van der Waals surface area (Å²) >= 11 is 5.21. The van der Waals surface area contributed by atoms with Gasteiger partial charge in [0.1, 0.15) is 24.7 Å². The molecule has 0 fully saturated rings. The minimum Gasteiger partial charge on any atom is -0.490 e. The van der Waals surface area contributed by atoms with E-state index in [0.717, 1.165) is 30.0 Å². The van der Waals surface area contributed by atoms with E-state index in [1.807, 2.05) is 54.6 Å². The number of benzene rings is 2. The summed E-state index contributed by atoms with van der Waals surface area (Å²) in [5.74, 6) is 1.53. The van der Waals surface area contributed by atoms with Crippen molar-refractivity contribution < 1.29 is 14.3 Å². The van der Waals surface area contributed by atoms with E-state index in [9.17, 15) is 4.79 Å². The van der Waals surface area contributed by atoms with Crippen molar-refractivity contribution in [2.24, 2.45) is 0 Å². The summed E-state index contributed by atoms with van der Waals surface area (Å²) in [7, 11) is 0. The number of carbonyl (C=O) groups excluding carboxylic acids is 1. The van der Waals surface area contributed by atoms with Crippen LogP contribution in [0.25, 0.3) is 0 Å². The minimum atomic E-state index is -0.0441. The van der Waals surface area contributed by atoms with Crippen LogP contribution in [0.4, 0.5) is 5.69 Å². The van der Waals surface area contributed by atoms with Gasteiger partial charge < -0.3 is 20.1 Å². The van der Waals surface area contributed by atoms with E-state index in [0.29, 0.717) is 24.7 Å². The third kappa shape index (κ3) is 9.94. The summed E-state index contributed by atoms with van der Waals surface area (Å²) in [6.07, 6.45) is 6.09. The number of anilines is 1. The molecule has 0 radical (unpaired) electrons. The van der Waals surface area contributed by atoms with Gasteiger partial charge in [-0.15, -0.1) is 0 Å². The van der Waals surface area contributed by atoms with Crippen molar-refractivity contribution in [1.82, 2.24) is 5.32 Å². The Morgan fingerprint density at radius 3 is 2.14 bits per heavy atom. The van der Waals surface area contributed by atoms with Crippen LogP contribution in [0.3, 0.4) is 0 Å². The molecule has 0 atom stereocenters.